The lowest BCUT2D eigenvalue weighted by Gasteiger charge is -2.08. The van der Waals surface area contributed by atoms with Crippen LogP contribution in [0.3, 0.4) is 0 Å². The Balaban J connectivity index is 2.35. The highest BCUT2D eigenvalue weighted by atomic mass is 19.2. The number of benzene rings is 2. The molecular formula is C14H11F2N3O. The minimum absolute atomic E-state index is 0.00996. The predicted molar refractivity (Wildman–Crippen MR) is 72.0 cm³/mol. The van der Waals surface area contributed by atoms with Crippen LogP contribution in [0.1, 0.15) is 0 Å². The smallest absolute Gasteiger partial charge is 0.206 e. The van der Waals surface area contributed by atoms with Gasteiger partial charge in [0.2, 0.25) is 5.95 Å². The van der Waals surface area contributed by atoms with Gasteiger partial charge in [-0.1, -0.05) is 6.07 Å². The van der Waals surface area contributed by atoms with Gasteiger partial charge >= 0.3 is 0 Å². The predicted octanol–water partition coefficient (Wildman–Crippen LogP) is 2.89. The molecule has 0 unspecified atom stereocenters. The van der Waals surface area contributed by atoms with Crippen molar-refractivity contribution in [2.45, 2.75) is 0 Å². The minimum atomic E-state index is -0.977. The minimum Gasteiger partial charge on any atom is -0.497 e. The molecule has 0 saturated carbocycles. The number of imidazole rings is 1. The lowest BCUT2D eigenvalue weighted by atomic mass is 10.2. The molecule has 2 aromatic carbocycles. The Kier molecular flexibility index (Phi) is 2.78. The molecule has 3 rings (SSSR count). The van der Waals surface area contributed by atoms with Crippen LogP contribution in [0.2, 0.25) is 0 Å². The second-order valence-corrected chi connectivity index (χ2v) is 4.24. The zero-order valence-electron chi connectivity index (χ0n) is 10.6. The maximum absolute atomic E-state index is 14.0. The molecule has 1 heterocycles. The summed E-state index contributed by atoms with van der Waals surface area (Å²) in [5.41, 5.74) is 6.67. The van der Waals surface area contributed by atoms with E-state index < -0.39 is 11.6 Å². The topological polar surface area (TPSA) is 53.1 Å². The van der Waals surface area contributed by atoms with Gasteiger partial charge in [-0.15, -0.1) is 0 Å². The van der Waals surface area contributed by atoms with Gasteiger partial charge in [0, 0.05) is 6.07 Å². The van der Waals surface area contributed by atoms with E-state index >= 15 is 0 Å². The van der Waals surface area contributed by atoms with Crippen LogP contribution in [0, 0.1) is 11.6 Å². The normalized spacial score (nSPS) is 10.9. The van der Waals surface area contributed by atoms with E-state index in [1.165, 1.54) is 17.7 Å². The second kappa shape index (κ2) is 4.48. The van der Waals surface area contributed by atoms with Gasteiger partial charge in [-0.25, -0.2) is 13.8 Å². The maximum Gasteiger partial charge on any atom is 0.206 e. The van der Waals surface area contributed by atoms with E-state index in [0.29, 0.717) is 17.0 Å². The summed E-state index contributed by atoms with van der Waals surface area (Å²) in [5.74, 6) is -1.26. The fourth-order valence-electron chi connectivity index (χ4n) is 2.13. The number of hydrogen-bond donors (Lipinski definition) is 1. The highest BCUT2D eigenvalue weighted by Crippen LogP contribution is 2.28. The zero-order valence-corrected chi connectivity index (χ0v) is 10.6. The molecule has 1 aromatic heterocycles. The van der Waals surface area contributed by atoms with E-state index in [1.54, 1.807) is 24.3 Å². The molecule has 0 spiro atoms. The van der Waals surface area contributed by atoms with Crippen molar-refractivity contribution < 1.29 is 13.5 Å². The Morgan fingerprint density at radius 1 is 1.20 bits per heavy atom. The quantitative estimate of drug-likeness (QED) is 0.782. The third-order valence-corrected chi connectivity index (χ3v) is 3.05. The number of halogens is 2. The maximum atomic E-state index is 14.0. The van der Waals surface area contributed by atoms with Crippen LogP contribution in [0.5, 0.6) is 5.75 Å². The average Bonchev–Trinajstić information content (AvgIpc) is 2.80. The van der Waals surface area contributed by atoms with Gasteiger partial charge < -0.3 is 10.5 Å². The molecule has 4 nitrogen and oxygen atoms in total. The number of anilines is 1. The van der Waals surface area contributed by atoms with Gasteiger partial charge in [0.15, 0.2) is 11.6 Å². The Bertz CT molecular complexity index is 798. The first kappa shape index (κ1) is 12.4. The first-order valence-electron chi connectivity index (χ1n) is 5.88. The van der Waals surface area contributed by atoms with Crippen LogP contribution >= 0.6 is 0 Å². The van der Waals surface area contributed by atoms with Crippen molar-refractivity contribution >= 4 is 17.0 Å². The van der Waals surface area contributed by atoms with Crippen LogP contribution < -0.4 is 10.5 Å². The van der Waals surface area contributed by atoms with Gasteiger partial charge in [0.25, 0.3) is 0 Å². The third-order valence-electron chi connectivity index (χ3n) is 3.05. The van der Waals surface area contributed by atoms with Crippen LogP contribution in [-0.4, -0.2) is 16.7 Å². The van der Waals surface area contributed by atoms with E-state index in [4.69, 9.17) is 10.5 Å². The van der Waals surface area contributed by atoms with Gasteiger partial charge in [-0.3, -0.25) is 4.57 Å². The third kappa shape index (κ3) is 1.77. The molecule has 0 fully saturated rings. The van der Waals surface area contributed by atoms with Gasteiger partial charge in [-0.2, -0.15) is 0 Å². The summed E-state index contributed by atoms with van der Waals surface area (Å²) in [5, 5.41) is 0. The molecule has 0 aliphatic rings. The van der Waals surface area contributed by atoms with Crippen LogP contribution in [0.4, 0.5) is 14.7 Å². The summed E-state index contributed by atoms with van der Waals surface area (Å²) in [7, 11) is 1.52. The van der Waals surface area contributed by atoms with E-state index in [2.05, 4.69) is 4.98 Å². The number of methoxy groups -OCH3 is 1. The van der Waals surface area contributed by atoms with Crippen LogP contribution in [0.15, 0.2) is 36.4 Å². The van der Waals surface area contributed by atoms with Crippen molar-refractivity contribution in [2.24, 2.45) is 0 Å². The number of nitrogens with two attached hydrogens (primary N) is 1. The van der Waals surface area contributed by atoms with Crippen molar-refractivity contribution in [3.63, 3.8) is 0 Å². The van der Waals surface area contributed by atoms with E-state index in [1.807, 2.05) is 0 Å². The molecule has 0 bridgehead atoms. The second-order valence-electron chi connectivity index (χ2n) is 4.24. The summed E-state index contributed by atoms with van der Waals surface area (Å²) in [6.07, 6.45) is 0. The largest absolute Gasteiger partial charge is 0.497 e. The van der Waals surface area contributed by atoms with Gasteiger partial charge in [0.05, 0.1) is 18.3 Å². The Hall–Kier alpha value is -2.63. The first-order valence-corrected chi connectivity index (χ1v) is 5.88. The highest BCUT2D eigenvalue weighted by Gasteiger charge is 2.17. The number of nitrogens with zero attached hydrogens (tertiary/aromatic N) is 2. The molecule has 20 heavy (non-hydrogen) atoms. The standard InChI is InChI=1S/C14H11F2N3O/c1-20-9-4-2-3-8(7-9)19-13-11(18-14(19)17)6-5-10(15)12(13)16/h2-7H,1H3,(H2,17,18). The molecular weight excluding hydrogens is 264 g/mol. The van der Waals surface area contributed by atoms with E-state index in [0.717, 1.165) is 6.07 Å². The number of aromatic nitrogens is 2. The summed E-state index contributed by atoms with van der Waals surface area (Å²) < 4.78 is 33.9. The number of ether oxygens (including phenoxy) is 1. The number of nitrogen functional groups attached to an aromatic ring is 1. The SMILES string of the molecule is COc1cccc(-n2c(N)nc3ccc(F)c(F)c32)c1. The van der Waals surface area contributed by atoms with E-state index in [-0.39, 0.29) is 11.5 Å². The lowest BCUT2D eigenvalue weighted by molar-refractivity contribution is 0.414. The number of hydrogen-bond acceptors (Lipinski definition) is 3. The Labute approximate surface area is 113 Å². The van der Waals surface area contributed by atoms with Crippen molar-refractivity contribution in [3.8, 4) is 11.4 Å². The van der Waals surface area contributed by atoms with Gasteiger partial charge in [0.1, 0.15) is 11.3 Å². The molecule has 102 valence electrons. The monoisotopic (exact) mass is 275 g/mol. The molecule has 0 aliphatic heterocycles. The lowest BCUT2D eigenvalue weighted by Crippen LogP contribution is -2.02. The van der Waals surface area contributed by atoms with Crippen molar-refractivity contribution in [1.82, 2.24) is 9.55 Å². The highest BCUT2D eigenvalue weighted by molar-refractivity contribution is 5.81. The zero-order chi connectivity index (χ0) is 14.3. The van der Waals surface area contributed by atoms with Crippen molar-refractivity contribution in [2.75, 3.05) is 12.8 Å². The molecule has 0 radical (unpaired) electrons. The summed E-state index contributed by atoms with van der Waals surface area (Å²) >= 11 is 0. The molecule has 0 saturated heterocycles. The van der Waals surface area contributed by atoms with Crippen molar-refractivity contribution in [3.05, 3.63) is 48.0 Å². The van der Waals surface area contributed by atoms with Gasteiger partial charge in [-0.05, 0) is 24.3 Å². The number of rotatable bonds is 2. The van der Waals surface area contributed by atoms with Crippen LogP contribution in [-0.2, 0) is 0 Å². The summed E-state index contributed by atoms with van der Waals surface area (Å²) in [4.78, 5) is 4.04. The number of fused-ring (bicyclic) bond motifs is 1. The fourth-order valence-corrected chi connectivity index (χ4v) is 2.13. The van der Waals surface area contributed by atoms with Crippen molar-refractivity contribution in [1.29, 1.82) is 0 Å². The van der Waals surface area contributed by atoms with Crippen LogP contribution in [0.25, 0.3) is 16.7 Å². The summed E-state index contributed by atoms with van der Waals surface area (Å²) in [6.45, 7) is 0. The molecule has 2 N–H and O–H groups in total. The Morgan fingerprint density at radius 3 is 2.75 bits per heavy atom. The molecule has 6 heteroatoms. The molecule has 0 atom stereocenters. The average molecular weight is 275 g/mol. The Morgan fingerprint density at radius 2 is 2.00 bits per heavy atom. The first-order chi connectivity index (χ1) is 9.61. The molecule has 0 amide bonds. The summed E-state index contributed by atoms with van der Waals surface area (Å²) in [6, 6.07) is 9.28. The molecule has 0 aliphatic carbocycles. The van der Waals surface area contributed by atoms with E-state index in [9.17, 15) is 8.78 Å². The fraction of sp³-hybridized carbons (Fsp3) is 0.0714. The molecule has 3 aromatic rings.